The van der Waals surface area contributed by atoms with E-state index in [-0.39, 0.29) is 17.4 Å². The Hall–Kier alpha value is -2.46. The lowest BCUT2D eigenvalue weighted by atomic mass is 9.96. The number of aromatic nitrogens is 1. The van der Waals surface area contributed by atoms with Gasteiger partial charge in [0.15, 0.2) is 0 Å². The Kier molecular flexibility index (Phi) is 8.66. The molecule has 1 unspecified atom stereocenters. The van der Waals surface area contributed by atoms with Crippen molar-refractivity contribution in [2.45, 2.75) is 63.6 Å². The molecule has 0 saturated carbocycles. The molecule has 196 valence electrons. The van der Waals surface area contributed by atoms with E-state index in [1.807, 2.05) is 0 Å². The van der Waals surface area contributed by atoms with E-state index in [9.17, 15) is 22.8 Å². The molecule has 0 bridgehead atoms. The number of hydrogen-bond acceptors (Lipinski definition) is 5. The van der Waals surface area contributed by atoms with Crippen LogP contribution in [0.4, 0.5) is 13.2 Å². The number of hydrogen-bond donors (Lipinski definition) is 1. The normalized spacial score (nSPS) is 19.9. The van der Waals surface area contributed by atoms with Crippen molar-refractivity contribution in [3.8, 4) is 0 Å². The first-order valence-corrected chi connectivity index (χ1v) is 13.5. The molecular formula is C26H33F3N4O2S. The van der Waals surface area contributed by atoms with E-state index < -0.39 is 17.6 Å². The Morgan fingerprint density at radius 1 is 1.11 bits per heavy atom. The van der Waals surface area contributed by atoms with E-state index in [0.717, 1.165) is 30.6 Å². The van der Waals surface area contributed by atoms with Gasteiger partial charge in [0.2, 0.25) is 0 Å². The van der Waals surface area contributed by atoms with E-state index in [4.69, 9.17) is 0 Å². The van der Waals surface area contributed by atoms with Crippen LogP contribution in [-0.4, -0.2) is 65.4 Å². The highest BCUT2D eigenvalue weighted by Gasteiger charge is 2.36. The summed E-state index contributed by atoms with van der Waals surface area (Å²) in [5.74, 6) is -0.695. The number of halogens is 3. The van der Waals surface area contributed by atoms with Gasteiger partial charge >= 0.3 is 6.18 Å². The highest BCUT2D eigenvalue weighted by molar-refractivity contribution is 7.09. The molecule has 1 aromatic carbocycles. The summed E-state index contributed by atoms with van der Waals surface area (Å²) >= 11 is 1.43. The molecule has 36 heavy (non-hydrogen) atoms. The number of benzene rings is 1. The van der Waals surface area contributed by atoms with E-state index >= 15 is 0 Å². The Morgan fingerprint density at radius 2 is 1.86 bits per heavy atom. The number of piperidine rings is 2. The third-order valence-corrected chi connectivity index (χ3v) is 8.20. The van der Waals surface area contributed by atoms with Crippen LogP contribution in [0.15, 0.2) is 29.6 Å². The maximum Gasteiger partial charge on any atom is 0.417 e. The van der Waals surface area contributed by atoms with Crippen molar-refractivity contribution >= 4 is 23.2 Å². The third-order valence-electron chi connectivity index (χ3n) is 7.20. The largest absolute Gasteiger partial charge is 0.417 e. The molecule has 0 radical (unpaired) electrons. The van der Waals surface area contributed by atoms with Gasteiger partial charge in [-0.15, -0.1) is 11.3 Å². The monoisotopic (exact) mass is 522 g/mol. The Balaban J connectivity index is 1.25. The molecule has 2 aromatic rings. The lowest BCUT2D eigenvalue weighted by Gasteiger charge is -2.33. The Morgan fingerprint density at radius 3 is 2.58 bits per heavy atom. The molecule has 3 heterocycles. The molecule has 0 spiro atoms. The third kappa shape index (κ3) is 6.45. The summed E-state index contributed by atoms with van der Waals surface area (Å²) in [4.78, 5) is 33.8. The zero-order valence-electron chi connectivity index (χ0n) is 20.5. The molecule has 0 aliphatic carbocycles. The van der Waals surface area contributed by atoms with Crippen molar-refractivity contribution in [2.75, 3.05) is 32.7 Å². The van der Waals surface area contributed by atoms with Gasteiger partial charge in [-0.05, 0) is 57.7 Å². The smallest absolute Gasteiger partial charge is 0.351 e. The highest BCUT2D eigenvalue weighted by Crippen LogP contribution is 2.34. The number of carbonyl (C=O) groups excluding carboxylic acids is 2. The number of nitrogens with zero attached hydrogens (tertiary/aromatic N) is 3. The summed E-state index contributed by atoms with van der Waals surface area (Å²) in [5, 5.41) is 5.56. The van der Waals surface area contributed by atoms with Crippen molar-refractivity contribution in [1.29, 1.82) is 0 Å². The number of likely N-dealkylation sites (tertiary alicyclic amines) is 2. The number of nitrogens with one attached hydrogen (secondary N) is 1. The Bertz CT molecular complexity index is 1050. The van der Waals surface area contributed by atoms with E-state index in [0.29, 0.717) is 44.2 Å². The average molecular weight is 523 g/mol. The van der Waals surface area contributed by atoms with E-state index in [2.05, 4.69) is 22.1 Å². The van der Waals surface area contributed by atoms with Crippen molar-refractivity contribution in [2.24, 2.45) is 0 Å². The fourth-order valence-electron chi connectivity index (χ4n) is 5.06. The van der Waals surface area contributed by atoms with E-state index in [1.165, 1.54) is 53.7 Å². The van der Waals surface area contributed by atoms with Crippen LogP contribution in [0.25, 0.3) is 0 Å². The van der Waals surface area contributed by atoms with Gasteiger partial charge in [0.05, 0.1) is 16.1 Å². The maximum atomic E-state index is 13.3. The molecule has 2 aliphatic heterocycles. The first kappa shape index (κ1) is 26.6. The minimum atomic E-state index is -4.57. The van der Waals surface area contributed by atoms with Gasteiger partial charge in [0, 0.05) is 43.5 Å². The molecular weight excluding hydrogens is 489 g/mol. The minimum absolute atomic E-state index is 0.0825. The van der Waals surface area contributed by atoms with Crippen LogP contribution >= 0.6 is 11.3 Å². The topological polar surface area (TPSA) is 65.5 Å². The van der Waals surface area contributed by atoms with E-state index in [1.54, 1.807) is 5.38 Å². The molecule has 4 rings (SSSR count). The second-order valence-corrected chi connectivity index (χ2v) is 10.6. The molecule has 6 nitrogen and oxygen atoms in total. The molecule has 2 aliphatic rings. The molecule has 2 amide bonds. The van der Waals surface area contributed by atoms with Crippen LogP contribution in [0.3, 0.4) is 0 Å². The van der Waals surface area contributed by atoms with Gasteiger partial charge in [0.25, 0.3) is 11.8 Å². The van der Waals surface area contributed by atoms with Gasteiger partial charge in [-0.25, -0.2) is 4.98 Å². The van der Waals surface area contributed by atoms with Crippen molar-refractivity contribution in [3.63, 3.8) is 0 Å². The number of rotatable bonds is 7. The first-order valence-electron chi connectivity index (χ1n) is 12.7. The summed E-state index contributed by atoms with van der Waals surface area (Å²) in [6, 6.07) is 5.52. The standard InChI is InChI=1S/C26H33F3N4O2S/c1-18-7-4-5-13-32(18)14-6-12-30-23(34)22-17-36-24(31-22)19-10-15-33(16-11-19)25(35)20-8-2-3-9-21(20)26(27,28)29/h2-3,8-9,17-19H,4-7,10-16H2,1H3,(H,30,34). The van der Waals surface area contributed by atoms with Crippen LogP contribution in [0, 0.1) is 0 Å². The lowest BCUT2D eigenvalue weighted by Crippen LogP contribution is -2.39. The summed E-state index contributed by atoms with van der Waals surface area (Å²) in [7, 11) is 0. The quantitative estimate of drug-likeness (QED) is 0.509. The second kappa shape index (κ2) is 11.7. The molecule has 1 N–H and O–H groups in total. The number of thiazole rings is 1. The number of carbonyl (C=O) groups is 2. The van der Waals surface area contributed by atoms with Crippen LogP contribution < -0.4 is 5.32 Å². The average Bonchev–Trinajstić information content (AvgIpc) is 3.37. The second-order valence-electron chi connectivity index (χ2n) is 9.67. The highest BCUT2D eigenvalue weighted by atomic mass is 32.1. The van der Waals surface area contributed by atoms with Crippen LogP contribution in [0.1, 0.15) is 82.8 Å². The first-order chi connectivity index (χ1) is 17.2. The van der Waals surface area contributed by atoms with Gasteiger partial charge in [-0.3, -0.25) is 9.59 Å². The molecule has 2 saturated heterocycles. The maximum absolute atomic E-state index is 13.3. The summed E-state index contributed by atoms with van der Waals surface area (Å²) in [6.45, 7) is 5.68. The van der Waals surface area contributed by atoms with Gasteiger partial charge in [-0.1, -0.05) is 18.6 Å². The van der Waals surface area contributed by atoms with Gasteiger partial charge in [0.1, 0.15) is 5.69 Å². The molecule has 1 aromatic heterocycles. The fraction of sp³-hybridized carbons (Fsp3) is 0.577. The number of alkyl halides is 3. The molecule has 10 heteroatoms. The zero-order chi connectivity index (χ0) is 25.7. The van der Waals surface area contributed by atoms with Crippen LogP contribution in [-0.2, 0) is 6.18 Å². The number of amides is 2. The van der Waals surface area contributed by atoms with Crippen molar-refractivity contribution < 1.29 is 22.8 Å². The fourth-order valence-corrected chi connectivity index (χ4v) is 6.03. The van der Waals surface area contributed by atoms with Crippen molar-refractivity contribution in [3.05, 3.63) is 51.5 Å². The summed E-state index contributed by atoms with van der Waals surface area (Å²) in [5.41, 5.74) is -0.816. The zero-order valence-corrected chi connectivity index (χ0v) is 21.3. The SMILES string of the molecule is CC1CCCCN1CCCNC(=O)c1csc(C2CCN(C(=O)c3ccccc3C(F)(F)F)CC2)n1. The van der Waals surface area contributed by atoms with Gasteiger partial charge in [-0.2, -0.15) is 13.2 Å². The molecule has 1 atom stereocenters. The summed E-state index contributed by atoms with van der Waals surface area (Å²) in [6.07, 6.45) is 1.30. The predicted molar refractivity (Wildman–Crippen MR) is 133 cm³/mol. The summed E-state index contributed by atoms with van der Waals surface area (Å²) < 4.78 is 39.9. The van der Waals surface area contributed by atoms with Crippen LogP contribution in [0.2, 0.25) is 0 Å². The van der Waals surface area contributed by atoms with Crippen LogP contribution in [0.5, 0.6) is 0 Å². The Labute approximate surface area is 213 Å². The predicted octanol–water partition coefficient (Wildman–Crippen LogP) is 5.18. The minimum Gasteiger partial charge on any atom is -0.351 e. The molecule has 2 fully saturated rings. The van der Waals surface area contributed by atoms with Crippen molar-refractivity contribution in [1.82, 2.24) is 20.1 Å². The van der Waals surface area contributed by atoms with Gasteiger partial charge < -0.3 is 15.1 Å². The lowest BCUT2D eigenvalue weighted by molar-refractivity contribution is -0.138.